The number of carbonyl (C=O) groups is 2. The van der Waals surface area contributed by atoms with Crippen LogP contribution in [0.5, 0.6) is 5.75 Å². The second-order valence-corrected chi connectivity index (χ2v) is 6.21. The fourth-order valence-corrected chi connectivity index (χ4v) is 2.99. The minimum atomic E-state index is -0.383. The van der Waals surface area contributed by atoms with Gasteiger partial charge < -0.3 is 19.7 Å². The molecule has 0 bridgehead atoms. The van der Waals surface area contributed by atoms with Gasteiger partial charge in [0.15, 0.2) is 0 Å². The maximum Gasteiger partial charge on any atom is 0.247 e. The number of amides is 2. The first kappa shape index (κ1) is 19.2. The van der Waals surface area contributed by atoms with Gasteiger partial charge in [0.05, 0.1) is 6.61 Å². The van der Waals surface area contributed by atoms with Crippen LogP contribution in [0.2, 0.25) is 0 Å². The van der Waals surface area contributed by atoms with E-state index in [9.17, 15) is 9.59 Å². The summed E-state index contributed by atoms with van der Waals surface area (Å²) in [5.41, 5.74) is 0.674. The zero-order valence-electron chi connectivity index (χ0n) is 15.1. The molecule has 6 nitrogen and oxygen atoms in total. The molecule has 1 aliphatic rings. The number of carbonyl (C=O) groups excluding carboxylic acids is 2. The molecule has 25 heavy (non-hydrogen) atoms. The van der Waals surface area contributed by atoms with Gasteiger partial charge in [0.25, 0.3) is 0 Å². The van der Waals surface area contributed by atoms with Crippen molar-refractivity contribution < 1.29 is 19.1 Å². The van der Waals surface area contributed by atoms with Crippen LogP contribution in [0.3, 0.4) is 0 Å². The number of anilines is 1. The van der Waals surface area contributed by atoms with Crippen LogP contribution < -0.4 is 10.1 Å². The summed E-state index contributed by atoms with van der Waals surface area (Å²) in [7, 11) is 1.62. The molecular formula is C19H28N2O4. The summed E-state index contributed by atoms with van der Waals surface area (Å²) in [6, 6.07) is 6.89. The molecule has 1 heterocycles. The van der Waals surface area contributed by atoms with E-state index in [1.165, 1.54) is 0 Å². The molecule has 0 aliphatic carbocycles. The lowest BCUT2D eigenvalue weighted by Crippen LogP contribution is -2.49. The van der Waals surface area contributed by atoms with Crippen LogP contribution in [0.1, 0.15) is 39.0 Å². The highest BCUT2D eigenvalue weighted by Gasteiger charge is 2.31. The average Bonchev–Trinajstić information content (AvgIpc) is 2.62. The lowest BCUT2D eigenvalue weighted by molar-refractivity contribution is -0.140. The van der Waals surface area contributed by atoms with Gasteiger partial charge in [-0.2, -0.15) is 0 Å². The molecule has 0 unspecified atom stereocenters. The molecule has 6 heteroatoms. The Balaban J connectivity index is 1.99. The summed E-state index contributed by atoms with van der Waals surface area (Å²) < 4.78 is 10.5. The number of hydrogen-bond donors (Lipinski definition) is 1. The summed E-state index contributed by atoms with van der Waals surface area (Å²) in [6.07, 6.45) is 3.93. The highest BCUT2D eigenvalue weighted by molar-refractivity contribution is 5.97. The SMILES string of the molecule is CCCC(=O)N1CCCC[C@@H]1C(=O)Nc1cccc(OCCOC)c1. The molecule has 1 fully saturated rings. The minimum absolute atomic E-state index is 0.0685. The van der Waals surface area contributed by atoms with Crippen molar-refractivity contribution in [1.29, 1.82) is 0 Å². The number of nitrogens with zero attached hydrogens (tertiary/aromatic N) is 1. The smallest absolute Gasteiger partial charge is 0.247 e. The summed E-state index contributed by atoms with van der Waals surface area (Å²) in [6.45, 7) is 3.60. The van der Waals surface area contributed by atoms with Crippen molar-refractivity contribution in [1.82, 2.24) is 4.90 Å². The lowest BCUT2D eigenvalue weighted by atomic mass is 10.0. The van der Waals surface area contributed by atoms with Crippen LogP contribution in [0.15, 0.2) is 24.3 Å². The van der Waals surface area contributed by atoms with Crippen LogP contribution in [0.25, 0.3) is 0 Å². The van der Waals surface area contributed by atoms with Crippen LogP contribution >= 0.6 is 0 Å². The zero-order valence-corrected chi connectivity index (χ0v) is 15.1. The van der Waals surface area contributed by atoms with Gasteiger partial charge in [0.2, 0.25) is 11.8 Å². The molecule has 138 valence electrons. The summed E-state index contributed by atoms with van der Waals surface area (Å²) in [5.74, 6) is 0.620. The summed E-state index contributed by atoms with van der Waals surface area (Å²) in [4.78, 5) is 26.7. The van der Waals surface area contributed by atoms with Crippen molar-refractivity contribution in [3.8, 4) is 5.75 Å². The molecule has 0 spiro atoms. The molecular weight excluding hydrogens is 320 g/mol. The first-order chi connectivity index (χ1) is 12.2. The van der Waals surface area contributed by atoms with Gasteiger partial charge in [-0.3, -0.25) is 9.59 Å². The van der Waals surface area contributed by atoms with Crippen LogP contribution in [0.4, 0.5) is 5.69 Å². The highest BCUT2D eigenvalue weighted by atomic mass is 16.5. The van der Waals surface area contributed by atoms with Crippen molar-refractivity contribution in [2.75, 3.05) is 32.2 Å². The molecule has 0 radical (unpaired) electrons. The molecule has 0 saturated carbocycles. The van der Waals surface area contributed by atoms with E-state index in [2.05, 4.69) is 5.32 Å². The Kier molecular flexibility index (Phi) is 7.73. The van der Waals surface area contributed by atoms with Crippen LogP contribution in [0, 0.1) is 0 Å². The highest BCUT2D eigenvalue weighted by Crippen LogP contribution is 2.22. The Morgan fingerprint density at radius 1 is 1.28 bits per heavy atom. The van der Waals surface area contributed by atoms with E-state index in [1.54, 1.807) is 18.1 Å². The molecule has 1 N–H and O–H groups in total. The standard InChI is InChI=1S/C19H28N2O4/c1-3-7-18(22)21-11-5-4-10-17(21)19(23)20-15-8-6-9-16(14-15)25-13-12-24-2/h6,8-9,14,17H,3-5,7,10-13H2,1-2H3,(H,20,23)/t17-/m1/s1. The number of rotatable bonds is 8. The Hall–Kier alpha value is -2.08. The third-order valence-electron chi connectivity index (χ3n) is 4.25. The Morgan fingerprint density at radius 2 is 2.12 bits per heavy atom. The third kappa shape index (κ3) is 5.74. The molecule has 1 aromatic carbocycles. The number of benzene rings is 1. The Bertz CT molecular complexity index is 576. The van der Waals surface area contributed by atoms with E-state index in [-0.39, 0.29) is 17.9 Å². The molecule has 2 amide bonds. The van der Waals surface area contributed by atoms with E-state index in [1.807, 2.05) is 25.1 Å². The van der Waals surface area contributed by atoms with E-state index in [0.29, 0.717) is 44.0 Å². The number of likely N-dealkylation sites (tertiary alicyclic amines) is 1. The van der Waals surface area contributed by atoms with Gasteiger partial charge in [-0.1, -0.05) is 13.0 Å². The second kappa shape index (κ2) is 10.0. The number of hydrogen-bond acceptors (Lipinski definition) is 4. The van der Waals surface area contributed by atoms with Gasteiger partial charge >= 0.3 is 0 Å². The monoisotopic (exact) mass is 348 g/mol. The summed E-state index contributed by atoms with van der Waals surface area (Å²) >= 11 is 0. The number of ether oxygens (including phenoxy) is 2. The summed E-state index contributed by atoms with van der Waals surface area (Å²) in [5, 5.41) is 2.93. The molecule has 0 aromatic heterocycles. The fraction of sp³-hybridized carbons (Fsp3) is 0.579. The predicted molar refractivity (Wildman–Crippen MR) is 96.7 cm³/mol. The minimum Gasteiger partial charge on any atom is -0.491 e. The van der Waals surface area contributed by atoms with Gasteiger partial charge in [0.1, 0.15) is 18.4 Å². The van der Waals surface area contributed by atoms with Crippen molar-refractivity contribution in [2.24, 2.45) is 0 Å². The maximum absolute atomic E-state index is 12.7. The molecule has 1 aromatic rings. The molecule has 1 atom stereocenters. The van der Waals surface area contributed by atoms with Crippen LogP contribution in [-0.4, -0.2) is 49.6 Å². The lowest BCUT2D eigenvalue weighted by Gasteiger charge is -2.34. The first-order valence-electron chi connectivity index (χ1n) is 8.97. The van der Waals surface area contributed by atoms with Crippen molar-refractivity contribution in [2.45, 2.75) is 45.1 Å². The van der Waals surface area contributed by atoms with Crippen LogP contribution in [-0.2, 0) is 14.3 Å². The van der Waals surface area contributed by atoms with Gasteiger partial charge in [-0.15, -0.1) is 0 Å². The van der Waals surface area contributed by atoms with E-state index in [0.717, 1.165) is 19.3 Å². The Labute approximate surface area is 149 Å². The second-order valence-electron chi connectivity index (χ2n) is 6.21. The molecule has 1 aliphatic heterocycles. The van der Waals surface area contributed by atoms with E-state index in [4.69, 9.17) is 9.47 Å². The van der Waals surface area contributed by atoms with E-state index >= 15 is 0 Å². The Morgan fingerprint density at radius 3 is 2.88 bits per heavy atom. The van der Waals surface area contributed by atoms with Gasteiger partial charge in [-0.25, -0.2) is 0 Å². The van der Waals surface area contributed by atoms with Gasteiger partial charge in [0, 0.05) is 31.8 Å². The zero-order chi connectivity index (χ0) is 18.1. The fourth-order valence-electron chi connectivity index (χ4n) is 2.99. The maximum atomic E-state index is 12.7. The van der Waals surface area contributed by atoms with E-state index < -0.39 is 0 Å². The number of piperidine rings is 1. The van der Waals surface area contributed by atoms with Gasteiger partial charge in [-0.05, 0) is 37.8 Å². The predicted octanol–water partition coefficient (Wildman–Crippen LogP) is 2.83. The first-order valence-corrected chi connectivity index (χ1v) is 8.97. The third-order valence-corrected chi connectivity index (χ3v) is 4.25. The number of methoxy groups -OCH3 is 1. The van der Waals surface area contributed by atoms with Crippen molar-refractivity contribution in [3.63, 3.8) is 0 Å². The average molecular weight is 348 g/mol. The topological polar surface area (TPSA) is 67.9 Å². The van der Waals surface area contributed by atoms with Crippen molar-refractivity contribution >= 4 is 17.5 Å². The number of nitrogens with one attached hydrogen (secondary N) is 1. The molecule has 1 saturated heterocycles. The largest absolute Gasteiger partial charge is 0.491 e. The molecule has 2 rings (SSSR count). The normalized spacial score (nSPS) is 17.2. The quantitative estimate of drug-likeness (QED) is 0.734. The van der Waals surface area contributed by atoms with Crippen molar-refractivity contribution in [3.05, 3.63) is 24.3 Å².